The van der Waals surface area contributed by atoms with Crippen molar-refractivity contribution in [2.45, 2.75) is 25.9 Å². The van der Waals surface area contributed by atoms with E-state index in [0.29, 0.717) is 29.3 Å². The summed E-state index contributed by atoms with van der Waals surface area (Å²) in [5.74, 6) is -0.0508. The maximum absolute atomic E-state index is 13.8. The van der Waals surface area contributed by atoms with Crippen molar-refractivity contribution in [1.29, 1.82) is 0 Å². The van der Waals surface area contributed by atoms with Gasteiger partial charge >= 0.3 is 0 Å². The maximum Gasteiger partial charge on any atom is 0.174 e. The molecule has 1 aliphatic heterocycles. The highest BCUT2D eigenvalue weighted by Gasteiger charge is 2.33. The Labute approximate surface area is 158 Å². The molecule has 138 valence electrons. The van der Waals surface area contributed by atoms with E-state index < -0.39 is 9.84 Å². The third-order valence-electron chi connectivity index (χ3n) is 4.53. The summed E-state index contributed by atoms with van der Waals surface area (Å²) in [6, 6.07) is 14.4. The van der Waals surface area contributed by atoms with Gasteiger partial charge in [0.15, 0.2) is 14.9 Å². The minimum Gasteiger partial charge on any atom is -0.341 e. The zero-order valence-corrected chi connectivity index (χ0v) is 16.1. The summed E-state index contributed by atoms with van der Waals surface area (Å²) in [6.07, 6.45) is 0.541. The van der Waals surface area contributed by atoms with Crippen LogP contribution in [-0.2, 0) is 16.4 Å². The van der Waals surface area contributed by atoms with E-state index in [9.17, 15) is 12.8 Å². The fourth-order valence-corrected chi connectivity index (χ4v) is 5.10. The average Bonchev–Trinajstić information content (AvgIpc) is 2.96. The Balaban J connectivity index is 1.81. The number of hydrogen-bond acceptors (Lipinski definition) is 3. The first kappa shape index (κ1) is 18.8. The Kier molecular flexibility index (Phi) is 5.58. The molecular weight excluding hydrogens is 371 g/mol. The normalized spacial score (nSPS) is 18.5. The Bertz CT molecular complexity index is 901. The van der Waals surface area contributed by atoms with Gasteiger partial charge in [-0.05, 0) is 48.8 Å². The number of halogens is 1. The van der Waals surface area contributed by atoms with Crippen molar-refractivity contribution in [1.82, 2.24) is 4.90 Å². The minimum atomic E-state index is -3.04. The number of benzene rings is 2. The molecule has 2 aromatic carbocycles. The summed E-state index contributed by atoms with van der Waals surface area (Å²) in [7, 11) is -3.04. The third-order valence-corrected chi connectivity index (χ3v) is 6.62. The van der Waals surface area contributed by atoms with Crippen LogP contribution < -0.4 is 5.32 Å². The molecule has 0 unspecified atom stereocenters. The first-order chi connectivity index (χ1) is 12.3. The topological polar surface area (TPSA) is 49.4 Å². The van der Waals surface area contributed by atoms with Crippen molar-refractivity contribution in [2.75, 3.05) is 16.8 Å². The van der Waals surface area contributed by atoms with Gasteiger partial charge in [-0.2, -0.15) is 0 Å². The Morgan fingerprint density at radius 2 is 2.00 bits per heavy atom. The summed E-state index contributed by atoms with van der Waals surface area (Å²) in [4.78, 5) is 1.90. The summed E-state index contributed by atoms with van der Waals surface area (Å²) in [5, 5.41) is 3.46. The van der Waals surface area contributed by atoms with Gasteiger partial charge in [0, 0.05) is 18.3 Å². The summed E-state index contributed by atoms with van der Waals surface area (Å²) < 4.78 is 37.6. The molecule has 0 spiro atoms. The van der Waals surface area contributed by atoms with Crippen molar-refractivity contribution >= 4 is 32.9 Å². The smallest absolute Gasteiger partial charge is 0.174 e. The lowest BCUT2D eigenvalue weighted by atomic mass is 10.1. The van der Waals surface area contributed by atoms with Crippen LogP contribution in [0.1, 0.15) is 17.5 Å². The fraction of sp³-hybridized carbons (Fsp3) is 0.316. The summed E-state index contributed by atoms with van der Waals surface area (Å²) >= 11 is 5.54. The number of rotatable bonds is 4. The van der Waals surface area contributed by atoms with Crippen LogP contribution in [0.5, 0.6) is 0 Å². The molecule has 0 saturated carbocycles. The molecule has 1 atom stereocenters. The Morgan fingerprint density at radius 3 is 2.62 bits per heavy atom. The van der Waals surface area contributed by atoms with Crippen LogP contribution in [-0.4, -0.2) is 36.0 Å². The van der Waals surface area contributed by atoms with Gasteiger partial charge in [-0.3, -0.25) is 0 Å². The van der Waals surface area contributed by atoms with Crippen LogP contribution in [0, 0.1) is 12.7 Å². The van der Waals surface area contributed by atoms with Crippen molar-refractivity contribution in [3.8, 4) is 0 Å². The number of nitrogens with one attached hydrogen (secondary N) is 1. The quantitative estimate of drug-likeness (QED) is 0.807. The zero-order valence-electron chi connectivity index (χ0n) is 14.5. The second kappa shape index (κ2) is 7.72. The van der Waals surface area contributed by atoms with Crippen LogP contribution in [0.4, 0.5) is 10.1 Å². The van der Waals surface area contributed by atoms with Crippen molar-refractivity contribution in [2.24, 2.45) is 0 Å². The van der Waals surface area contributed by atoms with Crippen molar-refractivity contribution < 1.29 is 12.8 Å². The van der Waals surface area contributed by atoms with E-state index in [2.05, 4.69) is 5.32 Å². The lowest BCUT2D eigenvalue weighted by Crippen LogP contribution is -2.43. The molecule has 26 heavy (non-hydrogen) atoms. The van der Waals surface area contributed by atoms with Crippen LogP contribution in [0.2, 0.25) is 0 Å². The molecule has 0 aliphatic carbocycles. The van der Waals surface area contributed by atoms with Crippen LogP contribution in [0.15, 0.2) is 48.5 Å². The predicted octanol–water partition coefficient (Wildman–Crippen LogP) is 3.52. The summed E-state index contributed by atoms with van der Waals surface area (Å²) in [6.45, 7) is 2.20. The summed E-state index contributed by atoms with van der Waals surface area (Å²) in [5.41, 5.74) is 2.15. The second-order valence-electron chi connectivity index (χ2n) is 6.56. The molecule has 4 nitrogen and oxygen atoms in total. The van der Waals surface area contributed by atoms with Gasteiger partial charge in [-0.15, -0.1) is 0 Å². The molecule has 1 heterocycles. The largest absolute Gasteiger partial charge is 0.341 e. The molecule has 7 heteroatoms. The molecule has 0 aromatic heterocycles. The van der Waals surface area contributed by atoms with Gasteiger partial charge in [0.25, 0.3) is 0 Å². The van der Waals surface area contributed by atoms with E-state index in [-0.39, 0.29) is 23.4 Å². The highest BCUT2D eigenvalue weighted by atomic mass is 32.2. The molecule has 1 N–H and O–H groups in total. The lowest BCUT2D eigenvalue weighted by molar-refractivity contribution is 0.332. The first-order valence-corrected chi connectivity index (χ1v) is 10.7. The number of sulfone groups is 1. The molecule has 1 fully saturated rings. The number of nitrogens with zero attached hydrogens (tertiary/aromatic N) is 1. The molecular formula is C19H21FN2O2S2. The zero-order chi connectivity index (χ0) is 18.7. The number of anilines is 1. The van der Waals surface area contributed by atoms with Gasteiger partial charge in [0.2, 0.25) is 0 Å². The van der Waals surface area contributed by atoms with Crippen molar-refractivity contribution in [3.63, 3.8) is 0 Å². The van der Waals surface area contributed by atoms with Gasteiger partial charge in [-0.25, -0.2) is 12.8 Å². The number of thiocarbonyl (C=S) groups is 1. The highest BCUT2D eigenvalue weighted by Crippen LogP contribution is 2.22. The fourth-order valence-electron chi connectivity index (χ4n) is 3.03. The molecule has 0 bridgehead atoms. The Hall–Kier alpha value is -1.99. The van der Waals surface area contributed by atoms with Crippen LogP contribution in [0.3, 0.4) is 0 Å². The van der Waals surface area contributed by atoms with Crippen LogP contribution >= 0.6 is 12.2 Å². The molecule has 1 aliphatic rings. The molecule has 0 amide bonds. The highest BCUT2D eigenvalue weighted by molar-refractivity contribution is 7.91. The van der Waals surface area contributed by atoms with E-state index in [1.807, 2.05) is 35.2 Å². The second-order valence-corrected chi connectivity index (χ2v) is 9.18. The maximum atomic E-state index is 13.8. The Morgan fingerprint density at radius 1 is 1.27 bits per heavy atom. The van der Waals surface area contributed by atoms with Crippen LogP contribution in [0.25, 0.3) is 0 Å². The van der Waals surface area contributed by atoms with Gasteiger partial charge in [0.05, 0.1) is 11.5 Å². The number of hydrogen-bond donors (Lipinski definition) is 1. The van der Waals surface area contributed by atoms with E-state index in [0.717, 1.165) is 5.56 Å². The van der Waals surface area contributed by atoms with Gasteiger partial charge < -0.3 is 10.2 Å². The van der Waals surface area contributed by atoms with E-state index in [4.69, 9.17) is 12.2 Å². The SMILES string of the molecule is Cc1ccc(NC(=S)N(Cc2ccccc2)[C@@H]2CCS(=O)(=O)C2)cc1F. The third kappa shape index (κ3) is 4.59. The molecule has 0 radical (unpaired) electrons. The number of aryl methyl sites for hydroxylation is 1. The van der Waals surface area contributed by atoms with Gasteiger partial charge in [0.1, 0.15) is 5.82 Å². The van der Waals surface area contributed by atoms with E-state index >= 15 is 0 Å². The lowest BCUT2D eigenvalue weighted by Gasteiger charge is -2.31. The van der Waals surface area contributed by atoms with E-state index in [1.165, 1.54) is 6.07 Å². The van der Waals surface area contributed by atoms with E-state index in [1.54, 1.807) is 19.1 Å². The standard InChI is InChI=1S/C19H21FN2O2S2/c1-14-7-8-16(11-18(14)20)21-19(25)22(12-15-5-3-2-4-6-15)17-9-10-26(23,24)13-17/h2-8,11,17H,9-10,12-13H2,1H3,(H,21,25)/t17-/m1/s1. The first-order valence-electron chi connectivity index (χ1n) is 8.42. The molecule has 3 rings (SSSR count). The minimum absolute atomic E-state index is 0.0872. The molecule has 1 saturated heterocycles. The van der Waals surface area contributed by atoms with Gasteiger partial charge in [-0.1, -0.05) is 36.4 Å². The monoisotopic (exact) mass is 392 g/mol. The van der Waals surface area contributed by atoms with Crippen molar-refractivity contribution in [3.05, 3.63) is 65.5 Å². The predicted molar refractivity (Wildman–Crippen MR) is 106 cm³/mol. The average molecular weight is 393 g/mol. The molecule has 2 aromatic rings.